The maximum absolute atomic E-state index is 13.7. The monoisotopic (exact) mass is 294 g/mol. The molecule has 5 heteroatoms. The first-order valence-electron chi connectivity index (χ1n) is 6.24. The van der Waals surface area contributed by atoms with Crippen molar-refractivity contribution < 1.29 is 9.13 Å². The van der Waals surface area contributed by atoms with Gasteiger partial charge in [0.15, 0.2) is 11.6 Å². The summed E-state index contributed by atoms with van der Waals surface area (Å²) in [7, 11) is 0. The second-order valence-electron chi connectivity index (χ2n) is 4.67. The standard InChI is InChI=1S/C15H16ClFN2O/c1-9(2)20-15-8-14(13(18)7-12(15)17)19-11-5-3-4-10(16)6-11/h3-9,19H,18H2,1-2H3. The van der Waals surface area contributed by atoms with Crippen LogP contribution in [-0.2, 0) is 0 Å². The second kappa shape index (κ2) is 6.01. The minimum absolute atomic E-state index is 0.118. The summed E-state index contributed by atoms with van der Waals surface area (Å²) in [6.45, 7) is 3.67. The van der Waals surface area contributed by atoms with Crippen molar-refractivity contribution in [3.8, 4) is 5.75 Å². The van der Waals surface area contributed by atoms with Gasteiger partial charge in [-0.25, -0.2) is 4.39 Å². The summed E-state index contributed by atoms with van der Waals surface area (Å²) in [5.74, 6) is -0.313. The van der Waals surface area contributed by atoms with Crippen molar-refractivity contribution in [2.45, 2.75) is 20.0 Å². The summed E-state index contributed by atoms with van der Waals surface area (Å²) in [5.41, 5.74) is 7.46. The van der Waals surface area contributed by atoms with Crippen LogP contribution in [0.2, 0.25) is 5.02 Å². The van der Waals surface area contributed by atoms with Crippen LogP contribution in [0.5, 0.6) is 5.75 Å². The number of hydrogen-bond acceptors (Lipinski definition) is 3. The largest absolute Gasteiger partial charge is 0.488 e. The van der Waals surface area contributed by atoms with Crippen molar-refractivity contribution in [1.29, 1.82) is 0 Å². The van der Waals surface area contributed by atoms with Crippen molar-refractivity contribution in [2.24, 2.45) is 0 Å². The van der Waals surface area contributed by atoms with Crippen LogP contribution in [0.15, 0.2) is 36.4 Å². The maximum Gasteiger partial charge on any atom is 0.167 e. The fraction of sp³-hybridized carbons (Fsp3) is 0.200. The Morgan fingerprint density at radius 2 is 2.00 bits per heavy atom. The molecule has 20 heavy (non-hydrogen) atoms. The molecule has 106 valence electrons. The van der Waals surface area contributed by atoms with Crippen molar-refractivity contribution in [3.63, 3.8) is 0 Å². The van der Waals surface area contributed by atoms with Crippen LogP contribution < -0.4 is 15.8 Å². The quantitative estimate of drug-likeness (QED) is 0.811. The van der Waals surface area contributed by atoms with Crippen molar-refractivity contribution in [1.82, 2.24) is 0 Å². The van der Waals surface area contributed by atoms with E-state index < -0.39 is 5.82 Å². The lowest BCUT2D eigenvalue weighted by Gasteiger charge is -2.15. The van der Waals surface area contributed by atoms with E-state index in [-0.39, 0.29) is 11.9 Å². The summed E-state index contributed by atoms with van der Waals surface area (Å²) in [4.78, 5) is 0. The molecule has 0 amide bonds. The van der Waals surface area contributed by atoms with Gasteiger partial charge in [0.2, 0.25) is 0 Å². The van der Waals surface area contributed by atoms with E-state index in [0.717, 1.165) is 5.69 Å². The van der Waals surface area contributed by atoms with E-state index in [0.29, 0.717) is 16.4 Å². The molecule has 0 fully saturated rings. The first kappa shape index (κ1) is 14.5. The molecule has 0 radical (unpaired) electrons. The van der Waals surface area contributed by atoms with E-state index in [4.69, 9.17) is 22.1 Å². The summed E-state index contributed by atoms with van der Waals surface area (Å²) in [6, 6.07) is 9.98. The Kier molecular flexibility index (Phi) is 4.35. The average molecular weight is 295 g/mol. The van der Waals surface area contributed by atoms with Crippen LogP contribution in [-0.4, -0.2) is 6.10 Å². The van der Waals surface area contributed by atoms with Crippen LogP contribution in [0.25, 0.3) is 0 Å². The van der Waals surface area contributed by atoms with Gasteiger partial charge >= 0.3 is 0 Å². The van der Waals surface area contributed by atoms with Crippen LogP contribution in [0, 0.1) is 5.82 Å². The molecular weight excluding hydrogens is 279 g/mol. The average Bonchev–Trinajstić information content (AvgIpc) is 2.34. The third-order valence-electron chi connectivity index (χ3n) is 2.57. The fourth-order valence-corrected chi connectivity index (χ4v) is 1.93. The minimum Gasteiger partial charge on any atom is -0.488 e. The van der Waals surface area contributed by atoms with Crippen LogP contribution in [0.3, 0.4) is 0 Å². The molecule has 0 saturated carbocycles. The van der Waals surface area contributed by atoms with Crippen molar-refractivity contribution >= 4 is 28.7 Å². The summed E-state index contributed by atoms with van der Waals surface area (Å²) >= 11 is 5.92. The molecule has 2 rings (SSSR count). The molecule has 0 aliphatic carbocycles. The molecule has 0 unspecified atom stereocenters. The van der Waals surface area contributed by atoms with Gasteiger partial charge in [-0.3, -0.25) is 0 Å². The number of nitrogens with two attached hydrogens (primary N) is 1. The molecule has 0 aliphatic rings. The Morgan fingerprint density at radius 3 is 2.65 bits per heavy atom. The fourth-order valence-electron chi connectivity index (χ4n) is 1.74. The Hall–Kier alpha value is -1.94. The SMILES string of the molecule is CC(C)Oc1cc(Nc2cccc(Cl)c2)c(N)cc1F. The zero-order valence-corrected chi connectivity index (χ0v) is 12.0. The number of nitrogen functional groups attached to an aromatic ring is 1. The predicted molar refractivity (Wildman–Crippen MR) is 81.3 cm³/mol. The maximum atomic E-state index is 13.7. The van der Waals surface area contributed by atoms with Crippen molar-refractivity contribution in [2.75, 3.05) is 11.1 Å². The highest BCUT2D eigenvalue weighted by Crippen LogP contribution is 2.31. The Balaban J connectivity index is 2.31. The minimum atomic E-state index is -0.479. The second-order valence-corrected chi connectivity index (χ2v) is 5.11. The van der Waals surface area contributed by atoms with Crippen LogP contribution in [0.1, 0.15) is 13.8 Å². The highest BCUT2D eigenvalue weighted by atomic mass is 35.5. The Bertz CT molecular complexity index is 617. The highest BCUT2D eigenvalue weighted by Gasteiger charge is 2.11. The molecule has 2 aromatic rings. The molecule has 0 bridgehead atoms. The van der Waals surface area contributed by atoms with Gasteiger partial charge in [-0.1, -0.05) is 17.7 Å². The molecule has 0 saturated heterocycles. The van der Waals surface area contributed by atoms with Crippen LogP contribution in [0.4, 0.5) is 21.5 Å². The normalized spacial score (nSPS) is 10.7. The number of nitrogens with one attached hydrogen (secondary N) is 1. The van der Waals surface area contributed by atoms with Gasteiger partial charge in [-0.05, 0) is 32.0 Å². The Labute approximate surface area is 122 Å². The lowest BCUT2D eigenvalue weighted by atomic mass is 10.2. The third kappa shape index (κ3) is 3.54. The topological polar surface area (TPSA) is 47.3 Å². The van der Waals surface area contributed by atoms with Gasteiger partial charge in [0.25, 0.3) is 0 Å². The molecule has 2 aromatic carbocycles. The van der Waals surface area contributed by atoms with Crippen molar-refractivity contribution in [3.05, 3.63) is 47.2 Å². The van der Waals surface area contributed by atoms with Gasteiger partial charge in [-0.2, -0.15) is 0 Å². The highest BCUT2D eigenvalue weighted by molar-refractivity contribution is 6.30. The van der Waals surface area contributed by atoms with E-state index in [1.807, 2.05) is 26.0 Å². The van der Waals surface area contributed by atoms with Crippen LogP contribution >= 0.6 is 11.6 Å². The third-order valence-corrected chi connectivity index (χ3v) is 2.81. The van der Waals surface area contributed by atoms with E-state index >= 15 is 0 Å². The Morgan fingerprint density at radius 1 is 1.25 bits per heavy atom. The van der Waals surface area contributed by atoms with E-state index in [9.17, 15) is 4.39 Å². The first-order valence-corrected chi connectivity index (χ1v) is 6.62. The van der Waals surface area contributed by atoms with Gasteiger partial charge in [0.1, 0.15) is 0 Å². The molecular formula is C15H16ClFN2O. The van der Waals surface area contributed by atoms with E-state index in [1.165, 1.54) is 6.07 Å². The number of halogens is 2. The van der Waals surface area contributed by atoms with Gasteiger partial charge in [-0.15, -0.1) is 0 Å². The van der Waals surface area contributed by atoms with Gasteiger partial charge in [0.05, 0.1) is 17.5 Å². The number of ether oxygens (including phenoxy) is 1. The molecule has 0 aromatic heterocycles. The molecule has 3 nitrogen and oxygen atoms in total. The van der Waals surface area contributed by atoms with Gasteiger partial charge < -0.3 is 15.8 Å². The number of benzene rings is 2. The van der Waals surface area contributed by atoms with E-state index in [2.05, 4.69) is 5.32 Å². The lowest BCUT2D eigenvalue weighted by molar-refractivity contribution is 0.231. The van der Waals surface area contributed by atoms with Gasteiger partial charge in [0, 0.05) is 22.8 Å². The summed E-state index contributed by atoms with van der Waals surface area (Å²) in [5, 5.41) is 3.70. The molecule has 0 spiro atoms. The zero-order chi connectivity index (χ0) is 14.7. The number of anilines is 3. The zero-order valence-electron chi connectivity index (χ0n) is 11.3. The smallest absolute Gasteiger partial charge is 0.167 e. The van der Waals surface area contributed by atoms with E-state index in [1.54, 1.807) is 18.2 Å². The predicted octanol–water partition coefficient (Wildman–Crippen LogP) is 4.59. The summed E-state index contributed by atoms with van der Waals surface area (Å²) in [6.07, 6.45) is -0.118. The number of hydrogen-bond donors (Lipinski definition) is 2. The molecule has 0 heterocycles. The molecule has 0 atom stereocenters. The summed E-state index contributed by atoms with van der Waals surface area (Å²) < 4.78 is 19.1. The molecule has 0 aliphatic heterocycles. The molecule has 3 N–H and O–H groups in total. The first-order chi connectivity index (χ1) is 9.45. The number of rotatable bonds is 4. The lowest BCUT2D eigenvalue weighted by Crippen LogP contribution is -2.08.